The predicted molar refractivity (Wildman–Crippen MR) is 55.3 cm³/mol. The molecule has 0 atom stereocenters. The first-order chi connectivity index (χ1) is 6.79. The van der Waals surface area contributed by atoms with Crippen molar-refractivity contribution in [3.8, 4) is 0 Å². The molecule has 0 unspecified atom stereocenters. The number of carbonyl (C=O) groups is 1. The van der Waals surface area contributed by atoms with E-state index in [-0.39, 0.29) is 0 Å². The fourth-order valence-electron chi connectivity index (χ4n) is 0.793. The number of rotatable bonds is 4. The molecule has 0 spiro atoms. The number of hydrogen-bond donors (Lipinski definition) is 2. The van der Waals surface area contributed by atoms with E-state index in [1.807, 2.05) is 30.3 Å². The average Bonchev–Trinajstić information content (AvgIpc) is 2.18. The fraction of sp³-hybridized carbons (Fsp3) is 0. The number of aliphatic carboxylic acids is 1. The van der Waals surface area contributed by atoms with Gasteiger partial charge in [0.2, 0.25) is 0 Å². The van der Waals surface area contributed by atoms with Crippen molar-refractivity contribution in [2.45, 2.75) is 0 Å². The highest BCUT2D eigenvalue weighted by molar-refractivity contribution is 5.86. The van der Waals surface area contributed by atoms with Gasteiger partial charge < -0.3 is 5.11 Å². The number of allylic oxidation sites excluding steroid dienone is 1. The molecule has 0 radical (unpaired) electrons. The highest BCUT2D eigenvalue weighted by atomic mass is 16.4. The second-order valence-electron chi connectivity index (χ2n) is 2.45. The van der Waals surface area contributed by atoms with Gasteiger partial charge in [0.05, 0.1) is 5.69 Å². The number of hydrazone groups is 1. The molecule has 1 aromatic carbocycles. The van der Waals surface area contributed by atoms with E-state index in [0.29, 0.717) is 0 Å². The normalized spacial score (nSPS) is 10.9. The molecule has 0 aliphatic carbocycles. The lowest BCUT2D eigenvalue weighted by molar-refractivity contribution is -0.131. The highest BCUT2D eigenvalue weighted by Gasteiger charge is 1.83. The van der Waals surface area contributed by atoms with Gasteiger partial charge in [-0.1, -0.05) is 18.2 Å². The Kier molecular flexibility index (Phi) is 3.94. The summed E-state index contributed by atoms with van der Waals surface area (Å²) in [5.74, 6) is -0.990. The van der Waals surface area contributed by atoms with Gasteiger partial charge in [0.1, 0.15) is 0 Å². The molecule has 0 saturated heterocycles. The van der Waals surface area contributed by atoms with E-state index in [2.05, 4.69) is 10.5 Å². The Balaban J connectivity index is 2.38. The van der Waals surface area contributed by atoms with Crippen molar-refractivity contribution in [2.24, 2.45) is 5.10 Å². The number of anilines is 1. The summed E-state index contributed by atoms with van der Waals surface area (Å²) in [6.45, 7) is 0. The summed E-state index contributed by atoms with van der Waals surface area (Å²) in [5, 5.41) is 12.0. The van der Waals surface area contributed by atoms with E-state index in [1.54, 1.807) is 0 Å². The van der Waals surface area contributed by atoms with Crippen molar-refractivity contribution in [1.29, 1.82) is 0 Å². The molecule has 0 saturated carbocycles. The number of benzene rings is 1. The summed E-state index contributed by atoms with van der Waals surface area (Å²) >= 11 is 0. The summed E-state index contributed by atoms with van der Waals surface area (Å²) < 4.78 is 0. The van der Waals surface area contributed by atoms with Crippen LogP contribution in [0.5, 0.6) is 0 Å². The monoisotopic (exact) mass is 190 g/mol. The first-order valence-corrected chi connectivity index (χ1v) is 4.03. The van der Waals surface area contributed by atoms with Gasteiger partial charge in [-0.25, -0.2) is 4.79 Å². The Morgan fingerprint density at radius 1 is 1.36 bits per heavy atom. The topological polar surface area (TPSA) is 61.7 Å². The standard InChI is InChI=1S/C10H10N2O2/c13-10(14)7-4-8-11-12-9-5-2-1-3-6-9/h1-8,12H,(H,13,14)/b7-4+,11-8+. The molecule has 1 aromatic rings. The largest absolute Gasteiger partial charge is 0.478 e. The molecule has 0 fully saturated rings. The number of carboxylic acids is 1. The molecule has 0 heterocycles. The lowest BCUT2D eigenvalue weighted by atomic mass is 10.3. The third kappa shape index (κ3) is 4.06. The van der Waals surface area contributed by atoms with Gasteiger partial charge in [-0.05, 0) is 18.2 Å². The summed E-state index contributed by atoms with van der Waals surface area (Å²) in [6, 6.07) is 9.38. The Labute approximate surface area is 81.6 Å². The molecular formula is C10H10N2O2. The van der Waals surface area contributed by atoms with Crippen LogP contribution < -0.4 is 5.43 Å². The molecule has 1 rings (SSSR count). The van der Waals surface area contributed by atoms with E-state index in [0.717, 1.165) is 11.8 Å². The fourth-order valence-corrected chi connectivity index (χ4v) is 0.793. The van der Waals surface area contributed by atoms with Crippen molar-refractivity contribution in [2.75, 3.05) is 5.43 Å². The number of hydrogen-bond acceptors (Lipinski definition) is 3. The van der Waals surface area contributed by atoms with E-state index < -0.39 is 5.97 Å². The van der Waals surface area contributed by atoms with Crippen LogP contribution in [0.3, 0.4) is 0 Å². The van der Waals surface area contributed by atoms with Crippen LogP contribution in [-0.4, -0.2) is 17.3 Å². The zero-order valence-corrected chi connectivity index (χ0v) is 7.42. The quantitative estimate of drug-likeness (QED) is 0.431. The maximum Gasteiger partial charge on any atom is 0.328 e. The van der Waals surface area contributed by atoms with Gasteiger partial charge in [0.15, 0.2) is 0 Å². The van der Waals surface area contributed by atoms with Crippen LogP contribution in [0.15, 0.2) is 47.6 Å². The third-order valence-electron chi connectivity index (χ3n) is 1.37. The Hall–Kier alpha value is -2.10. The molecule has 4 heteroatoms. The Bertz CT molecular complexity index is 344. The highest BCUT2D eigenvalue weighted by Crippen LogP contribution is 2.03. The Morgan fingerprint density at radius 2 is 2.07 bits per heavy atom. The minimum Gasteiger partial charge on any atom is -0.478 e. The molecule has 2 N–H and O–H groups in total. The minimum atomic E-state index is -0.990. The van der Waals surface area contributed by atoms with Crippen LogP contribution in [0, 0.1) is 0 Å². The molecule has 4 nitrogen and oxygen atoms in total. The Morgan fingerprint density at radius 3 is 2.71 bits per heavy atom. The predicted octanol–water partition coefficient (Wildman–Crippen LogP) is 1.73. The van der Waals surface area contributed by atoms with Crippen LogP contribution in [0.4, 0.5) is 5.69 Å². The molecule has 0 bridgehead atoms. The second-order valence-corrected chi connectivity index (χ2v) is 2.45. The van der Waals surface area contributed by atoms with Crippen LogP contribution in [0.25, 0.3) is 0 Å². The van der Waals surface area contributed by atoms with Crippen molar-refractivity contribution in [3.05, 3.63) is 42.5 Å². The van der Waals surface area contributed by atoms with Crippen LogP contribution in [-0.2, 0) is 4.79 Å². The third-order valence-corrected chi connectivity index (χ3v) is 1.37. The first kappa shape index (κ1) is 9.98. The minimum absolute atomic E-state index is 0.854. The van der Waals surface area contributed by atoms with Gasteiger partial charge in [-0.15, -0.1) is 0 Å². The number of para-hydroxylation sites is 1. The van der Waals surface area contributed by atoms with E-state index in [1.165, 1.54) is 12.3 Å². The van der Waals surface area contributed by atoms with Crippen molar-refractivity contribution in [1.82, 2.24) is 0 Å². The van der Waals surface area contributed by atoms with Crippen LogP contribution >= 0.6 is 0 Å². The first-order valence-electron chi connectivity index (χ1n) is 4.03. The van der Waals surface area contributed by atoms with E-state index in [9.17, 15) is 4.79 Å². The zero-order valence-electron chi connectivity index (χ0n) is 7.42. The number of nitrogens with one attached hydrogen (secondary N) is 1. The van der Waals surface area contributed by atoms with Crippen molar-refractivity contribution >= 4 is 17.9 Å². The maximum atomic E-state index is 10.1. The van der Waals surface area contributed by atoms with Gasteiger partial charge in [0, 0.05) is 12.3 Å². The lowest BCUT2D eigenvalue weighted by Crippen LogP contribution is -1.89. The molecule has 0 amide bonds. The number of carboxylic acid groups (broad SMARTS) is 1. The molecular weight excluding hydrogens is 180 g/mol. The molecule has 0 aliphatic rings. The average molecular weight is 190 g/mol. The second kappa shape index (κ2) is 5.53. The SMILES string of the molecule is O=C(O)/C=C/C=N/Nc1ccccc1. The van der Waals surface area contributed by atoms with Gasteiger partial charge >= 0.3 is 5.97 Å². The molecule has 0 aromatic heterocycles. The summed E-state index contributed by atoms with van der Waals surface area (Å²) in [4.78, 5) is 10.1. The molecule has 0 aliphatic heterocycles. The summed E-state index contributed by atoms with van der Waals surface area (Å²) in [6.07, 6.45) is 3.73. The summed E-state index contributed by atoms with van der Waals surface area (Å²) in [5.41, 5.74) is 3.60. The summed E-state index contributed by atoms with van der Waals surface area (Å²) in [7, 11) is 0. The smallest absolute Gasteiger partial charge is 0.328 e. The van der Waals surface area contributed by atoms with Crippen molar-refractivity contribution in [3.63, 3.8) is 0 Å². The lowest BCUT2D eigenvalue weighted by Gasteiger charge is -1.96. The van der Waals surface area contributed by atoms with E-state index in [4.69, 9.17) is 5.11 Å². The van der Waals surface area contributed by atoms with Crippen molar-refractivity contribution < 1.29 is 9.90 Å². The van der Waals surface area contributed by atoms with Gasteiger partial charge in [-0.3, -0.25) is 5.43 Å². The molecule has 14 heavy (non-hydrogen) atoms. The van der Waals surface area contributed by atoms with Gasteiger partial charge in [0.25, 0.3) is 0 Å². The van der Waals surface area contributed by atoms with Gasteiger partial charge in [-0.2, -0.15) is 5.10 Å². The van der Waals surface area contributed by atoms with Crippen LogP contribution in [0.2, 0.25) is 0 Å². The maximum absolute atomic E-state index is 10.1. The molecule has 72 valence electrons. The number of nitrogens with zero attached hydrogens (tertiary/aromatic N) is 1. The van der Waals surface area contributed by atoms with Crippen LogP contribution in [0.1, 0.15) is 0 Å². The zero-order chi connectivity index (χ0) is 10.2. The van der Waals surface area contributed by atoms with E-state index >= 15 is 0 Å².